The Bertz CT molecular complexity index is 969. The van der Waals surface area contributed by atoms with Gasteiger partial charge in [0.1, 0.15) is 5.82 Å². The smallest absolute Gasteiger partial charge is 0.308 e. The third-order valence-corrected chi connectivity index (χ3v) is 5.85. The van der Waals surface area contributed by atoms with Crippen LogP contribution in [0.1, 0.15) is 50.7 Å². The highest BCUT2D eigenvalue weighted by Gasteiger charge is 2.21. The Labute approximate surface area is 178 Å². The van der Waals surface area contributed by atoms with Crippen molar-refractivity contribution in [2.75, 3.05) is 26.0 Å². The van der Waals surface area contributed by atoms with Gasteiger partial charge in [0.2, 0.25) is 0 Å². The summed E-state index contributed by atoms with van der Waals surface area (Å²) in [6, 6.07) is 3.43. The molecule has 1 unspecified atom stereocenters. The second kappa shape index (κ2) is 9.57. The molecule has 0 saturated carbocycles. The summed E-state index contributed by atoms with van der Waals surface area (Å²) in [5, 5.41) is 6.81. The lowest BCUT2D eigenvalue weighted by atomic mass is 9.92. The van der Waals surface area contributed by atoms with E-state index in [9.17, 15) is 13.4 Å². The number of halogens is 1. The van der Waals surface area contributed by atoms with E-state index in [1.807, 2.05) is 46.7 Å². The van der Waals surface area contributed by atoms with E-state index in [2.05, 4.69) is 15.1 Å². The Balaban J connectivity index is 2.23. The van der Waals surface area contributed by atoms with Crippen molar-refractivity contribution in [2.24, 2.45) is 0 Å². The Hall–Kier alpha value is -2.46. The van der Waals surface area contributed by atoms with E-state index in [1.54, 1.807) is 10.9 Å². The van der Waals surface area contributed by atoms with Crippen LogP contribution in [0.4, 0.5) is 14.9 Å². The second-order valence-electron chi connectivity index (χ2n) is 8.10. The predicted octanol–water partition coefficient (Wildman–Crippen LogP) is 3.97. The number of carbonyl (C=O) groups excluding carboxylic acids is 1. The van der Waals surface area contributed by atoms with E-state index < -0.39 is 15.9 Å². The van der Waals surface area contributed by atoms with Crippen molar-refractivity contribution in [1.29, 1.82) is 4.78 Å². The van der Waals surface area contributed by atoms with E-state index in [-0.39, 0.29) is 22.7 Å². The van der Waals surface area contributed by atoms with Crippen molar-refractivity contribution >= 4 is 21.6 Å². The molecule has 2 rings (SSSR count). The molecule has 3 N–H and O–H groups in total. The Kier molecular flexibility index (Phi) is 7.59. The number of nitrogens with zero attached hydrogens (tertiary/aromatic N) is 3. The summed E-state index contributed by atoms with van der Waals surface area (Å²) in [5.74, 6) is -0.455. The molecule has 0 aliphatic carbocycles. The van der Waals surface area contributed by atoms with Crippen LogP contribution in [0.2, 0.25) is 0 Å². The summed E-state index contributed by atoms with van der Waals surface area (Å²) in [5.41, 5.74) is 1.75. The van der Waals surface area contributed by atoms with Gasteiger partial charge in [0.25, 0.3) is 0 Å². The molecule has 166 valence electrons. The lowest BCUT2D eigenvalue weighted by Gasteiger charge is -2.21. The quantitative estimate of drug-likeness (QED) is 0.580. The largest absolute Gasteiger partial charge is 0.332 e. The zero-order valence-electron chi connectivity index (χ0n) is 18.3. The van der Waals surface area contributed by atoms with Crippen LogP contribution in [0.25, 0.3) is 0 Å². The molecule has 2 aromatic rings. The Morgan fingerprint density at radius 2 is 1.80 bits per heavy atom. The van der Waals surface area contributed by atoms with Crippen molar-refractivity contribution in [1.82, 2.24) is 19.4 Å². The average Bonchev–Trinajstić information content (AvgIpc) is 3.10. The number of benzene rings is 1. The highest BCUT2D eigenvalue weighted by Crippen LogP contribution is 2.33. The lowest BCUT2D eigenvalue weighted by Crippen LogP contribution is -2.34. The van der Waals surface area contributed by atoms with Gasteiger partial charge in [0.05, 0.1) is 6.54 Å². The van der Waals surface area contributed by atoms with Crippen molar-refractivity contribution < 1.29 is 13.4 Å². The molecule has 0 fully saturated rings. The average molecular weight is 439 g/mol. The maximum atomic E-state index is 14.1. The van der Waals surface area contributed by atoms with Crippen LogP contribution in [0.15, 0.2) is 29.4 Å². The molecule has 0 bridgehead atoms. The molecule has 8 nitrogen and oxygen atoms in total. The minimum absolute atomic E-state index is 0.0244. The van der Waals surface area contributed by atoms with Crippen molar-refractivity contribution in [3.63, 3.8) is 0 Å². The van der Waals surface area contributed by atoms with Gasteiger partial charge in [-0.1, -0.05) is 27.7 Å². The Morgan fingerprint density at radius 3 is 2.30 bits per heavy atom. The van der Waals surface area contributed by atoms with Crippen LogP contribution in [0, 0.1) is 10.6 Å². The first kappa shape index (κ1) is 23.8. The SMILES string of the molecule is CC(C)c1cc(F)cc(C(C)C)c1NC(=O)NS(=N)(=O)c1ccn(CCN(C)C)n1. The van der Waals surface area contributed by atoms with Gasteiger partial charge in [-0.3, -0.25) is 4.68 Å². The van der Waals surface area contributed by atoms with E-state index in [1.165, 1.54) is 18.2 Å². The molecule has 0 aliphatic rings. The molecule has 0 saturated heterocycles. The third-order valence-electron chi connectivity index (χ3n) is 4.57. The first-order valence-electron chi connectivity index (χ1n) is 9.79. The van der Waals surface area contributed by atoms with Gasteiger partial charge in [0.15, 0.2) is 14.9 Å². The van der Waals surface area contributed by atoms with Crippen LogP contribution in [0.5, 0.6) is 0 Å². The maximum absolute atomic E-state index is 14.1. The molecule has 10 heteroatoms. The summed E-state index contributed by atoms with van der Waals surface area (Å²) < 4.78 is 38.7. The van der Waals surface area contributed by atoms with Crippen LogP contribution in [-0.2, 0) is 16.5 Å². The minimum atomic E-state index is -3.65. The van der Waals surface area contributed by atoms with Gasteiger partial charge in [-0.05, 0) is 55.3 Å². The number of likely N-dealkylation sites (N-methyl/N-ethyl adjacent to an activating group) is 1. The molecule has 0 aliphatic heterocycles. The molecular weight excluding hydrogens is 407 g/mol. The van der Waals surface area contributed by atoms with Crippen molar-refractivity contribution in [3.8, 4) is 0 Å². The fourth-order valence-electron chi connectivity index (χ4n) is 2.95. The number of anilines is 1. The van der Waals surface area contributed by atoms with Gasteiger partial charge in [-0.25, -0.2) is 22.9 Å². The highest BCUT2D eigenvalue weighted by atomic mass is 32.2. The summed E-state index contributed by atoms with van der Waals surface area (Å²) in [6.45, 7) is 8.90. The molecule has 1 aromatic carbocycles. The second-order valence-corrected chi connectivity index (χ2v) is 9.84. The summed E-state index contributed by atoms with van der Waals surface area (Å²) >= 11 is 0. The number of hydrogen-bond acceptors (Lipinski definition) is 5. The van der Waals surface area contributed by atoms with Gasteiger partial charge in [0, 0.05) is 18.4 Å². The maximum Gasteiger partial charge on any atom is 0.332 e. The first-order chi connectivity index (χ1) is 13.9. The molecule has 1 aromatic heterocycles. The zero-order valence-corrected chi connectivity index (χ0v) is 19.1. The van der Waals surface area contributed by atoms with Crippen molar-refractivity contribution in [3.05, 3.63) is 41.3 Å². The molecule has 0 radical (unpaired) electrons. The van der Waals surface area contributed by atoms with E-state index in [0.717, 1.165) is 6.54 Å². The van der Waals surface area contributed by atoms with E-state index in [0.29, 0.717) is 23.4 Å². The zero-order chi connectivity index (χ0) is 22.6. The van der Waals surface area contributed by atoms with E-state index in [4.69, 9.17) is 4.78 Å². The van der Waals surface area contributed by atoms with Gasteiger partial charge in [-0.15, -0.1) is 0 Å². The summed E-state index contributed by atoms with van der Waals surface area (Å²) in [7, 11) is 0.200. The van der Waals surface area contributed by atoms with Gasteiger partial charge in [-0.2, -0.15) is 5.10 Å². The number of hydrogen-bond donors (Lipinski definition) is 3. The molecule has 30 heavy (non-hydrogen) atoms. The number of rotatable bonds is 8. The predicted molar refractivity (Wildman–Crippen MR) is 117 cm³/mol. The molecular formula is C20H31FN6O2S. The number of carbonyl (C=O) groups is 1. The topological polar surface area (TPSA) is 103 Å². The standard InChI is InChI=1S/C20H31FN6O2S/c1-13(2)16-11-15(21)12-17(14(3)4)19(16)23-20(28)25-30(22,29)18-7-8-27(24-18)10-9-26(5)6/h7-8,11-14H,9-10H2,1-6H3,(H3,22,23,25,28,29). The van der Waals surface area contributed by atoms with Crippen molar-refractivity contribution in [2.45, 2.75) is 51.1 Å². The number of urea groups is 1. The number of nitrogens with one attached hydrogen (secondary N) is 3. The van der Waals surface area contributed by atoms with Gasteiger partial charge >= 0.3 is 6.03 Å². The van der Waals surface area contributed by atoms with Crippen LogP contribution >= 0.6 is 0 Å². The minimum Gasteiger partial charge on any atom is -0.308 e. The molecule has 1 heterocycles. The van der Waals surface area contributed by atoms with Crippen LogP contribution < -0.4 is 10.0 Å². The lowest BCUT2D eigenvalue weighted by molar-refractivity contribution is 0.256. The number of aromatic nitrogens is 2. The fourth-order valence-corrected chi connectivity index (χ4v) is 3.84. The third kappa shape index (κ3) is 6.02. The number of amides is 2. The molecule has 1 atom stereocenters. The van der Waals surface area contributed by atoms with Crippen LogP contribution in [-0.4, -0.2) is 45.6 Å². The highest BCUT2D eigenvalue weighted by molar-refractivity contribution is 7.91. The van der Waals surface area contributed by atoms with Gasteiger partial charge < -0.3 is 10.2 Å². The van der Waals surface area contributed by atoms with Crippen LogP contribution in [0.3, 0.4) is 0 Å². The molecule has 2 amide bonds. The van der Waals surface area contributed by atoms with E-state index >= 15 is 0 Å². The monoisotopic (exact) mass is 438 g/mol. The fraction of sp³-hybridized carbons (Fsp3) is 0.500. The summed E-state index contributed by atoms with van der Waals surface area (Å²) in [6.07, 6.45) is 1.63. The first-order valence-corrected chi connectivity index (χ1v) is 11.4. The molecule has 0 spiro atoms. The summed E-state index contributed by atoms with van der Waals surface area (Å²) in [4.78, 5) is 14.6. The Morgan fingerprint density at radius 1 is 1.23 bits per heavy atom. The normalized spacial score (nSPS) is 13.7.